The van der Waals surface area contributed by atoms with Gasteiger partial charge >= 0.3 is 213 Å². The summed E-state index contributed by atoms with van der Waals surface area (Å²) in [5, 5.41) is 0.849. The van der Waals surface area contributed by atoms with Crippen LogP contribution in [0.25, 0.3) is 3.59 Å². The number of unbranched alkanes of at least 4 members (excludes halogenated alkanes) is 3. The number of halogens is 1. The molecule has 0 aliphatic carbocycles. The molecule has 2 aromatic carbocycles. The van der Waals surface area contributed by atoms with E-state index in [1.165, 1.54) is 72.1 Å². The summed E-state index contributed by atoms with van der Waals surface area (Å²) >= 11 is 4.16. The van der Waals surface area contributed by atoms with Gasteiger partial charge in [-0.15, -0.1) is 0 Å². The third kappa shape index (κ3) is 8.26. The second kappa shape index (κ2) is 14.7. The van der Waals surface area contributed by atoms with E-state index in [0.717, 1.165) is 30.2 Å². The fraction of sp³-hybridized carbons (Fsp3) is 0.548. The molecule has 1 fully saturated rings. The molecule has 0 saturated carbocycles. The summed E-state index contributed by atoms with van der Waals surface area (Å²) < 4.78 is 17.3. The Morgan fingerprint density at radius 3 is 2.14 bits per heavy atom. The molecule has 1 heterocycles. The first kappa shape index (κ1) is 28.6. The molecule has 192 valence electrons. The molecule has 1 aliphatic heterocycles. The van der Waals surface area contributed by atoms with Gasteiger partial charge < -0.3 is 4.74 Å². The molecule has 1 atom stereocenters. The number of hydrogen-bond donors (Lipinski definition) is 0. The molecule has 35 heavy (non-hydrogen) atoms. The number of hydrogen-bond acceptors (Lipinski definition) is 2. The van der Waals surface area contributed by atoms with E-state index in [0.29, 0.717) is 6.61 Å². The third-order valence-corrected chi connectivity index (χ3v) is 23.6. The van der Waals surface area contributed by atoms with Crippen molar-refractivity contribution in [1.82, 2.24) is 0 Å². The Morgan fingerprint density at radius 1 is 0.971 bits per heavy atom. The monoisotopic (exact) mass is 604 g/mol. The zero-order chi connectivity index (χ0) is 25.1. The minimum absolute atomic E-state index is 0.178. The molecule has 2 aromatic rings. The van der Waals surface area contributed by atoms with E-state index in [9.17, 15) is 0 Å². The Hall–Kier alpha value is -0.971. The molecular formula is C31H45ClO2Sn. The van der Waals surface area contributed by atoms with Crippen molar-refractivity contribution in [2.24, 2.45) is 0 Å². The molecule has 1 saturated heterocycles. The SMILES string of the molecule is C=[C](c1ccc(Cl)c(Cc2ccc(O[C@@H]3CCOC3)cc2)c1)[Sn]([CH2]CCC)([CH2]CCC)[CH2]CCC. The zero-order valence-electron chi connectivity index (χ0n) is 22.2. The normalized spacial score (nSPS) is 15.9. The quantitative estimate of drug-likeness (QED) is 0.189. The Bertz CT molecular complexity index is 896. The van der Waals surface area contributed by atoms with Crippen molar-refractivity contribution >= 4 is 33.6 Å². The van der Waals surface area contributed by atoms with Crippen LogP contribution in [-0.4, -0.2) is 37.7 Å². The summed E-state index contributed by atoms with van der Waals surface area (Å²) in [6, 6.07) is 15.2. The van der Waals surface area contributed by atoms with E-state index < -0.39 is 18.4 Å². The Balaban J connectivity index is 1.79. The first-order valence-electron chi connectivity index (χ1n) is 13.8. The van der Waals surface area contributed by atoms with E-state index >= 15 is 0 Å². The van der Waals surface area contributed by atoms with Gasteiger partial charge in [0, 0.05) is 0 Å². The molecule has 0 radical (unpaired) electrons. The third-order valence-electron chi connectivity index (χ3n) is 7.57. The van der Waals surface area contributed by atoms with Crippen LogP contribution < -0.4 is 4.74 Å². The van der Waals surface area contributed by atoms with Crippen molar-refractivity contribution in [2.75, 3.05) is 13.2 Å². The average molecular weight is 604 g/mol. The maximum absolute atomic E-state index is 6.71. The van der Waals surface area contributed by atoms with Gasteiger partial charge in [-0.05, 0) is 0 Å². The van der Waals surface area contributed by atoms with Gasteiger partial charge in [0.2, 0.25) is 0 Å². The second-order valence-electron chi connectivity index (χ2n) is 10.3. The molecule has 3 rings (SSSR count). The molecule has 0 aromatic heterocycles. The van der Waals surface area contributed by atoms with Crippen LogP contribution in [0, 0.1) is 0 Å². The van der Waals surface area contributed by atoms with Gasteiger partial charge in [-0.1, -0.05) is 0 Å². The van der Waals surface area contributed by atoms with Crippen molar-refractivity contribution < 1.29 is 9.47 Å². The summed E-state index contributed by atoms with van der Waals surface area (Å²) in [7, 11) is 0. The van der Waals surface area contributed by atoms with E-state index in [1.807, 2.05) is 0 Å². The molecule has 0 bridgehead atoms. The van der Waals surface area contributed by atoms with Crippen molar-refractivity contribution in [2.45, 2.75) is 91.6 Å². The van der Waals surface area contributed by atoms with Gasteiger partial charge in [-0.3, -0.25) is 0 Å². The number of ether oxygens (including phenoxy) is 2. The Morgan fingerprint density at radius 2 is 1.60 bits per heavy atom. The fourth-order valence-corrected chi connectivity index (χ4v) is 21.2. The molecule has 0 spiro atoms. The first-order chi connectivity index (χ1) is 17.0. The summed E-state index contributed by atoms with van der Waals surface area (Å²) in [4.78, 5) is 0. The van der Waals surface area contributed by atoms with Crippen molar-refractivity contribution in [1.29, 1.82) is 0 Å². The molecular weight excluding hydrogens is 559 g/mol. The Kier molecular flexibility index (Phi) is 12.0. The van der Waals surface area contributed by atoms with Crippen LogP contribution in [0.1, 0.15) is 82.4 Å². The van der Waals surface area contributed by atoms with Gasteiger partial charge in [0.25, 0.3) is 0 Å². The van der Waals surface area contributed by atoms with E-state index in [-0.39, 0.29) is 6.10 Å². The number of benzene rings is 2. The van der Waals surface area contributed by atoms with Crippen LogP contribution in [0.5, 0.6) is 5.75 Å². The van der Waals surface area contributed by atoms with Gasteiger partial charge in [0.15, 0.2) is 0 Å². The average Bonchev–Trinajstić information content (AvgIpc) is 3.39. The van der Waals surface area contributed by atoms with Crippen molar-refractivity contribution in [3.05, 3.63) is 70.8 Å². The zero-order valence-corrected chi connectivity index (χ0v) is 25.8. The van der Waals surface area contributed by atoms with Crippen LogP contribution in [0.15, 0.2) is 49.0 Å². The van der Waals surface area contributed by atoms with Crippen molar-refractivity contribution in [3.63, 3.8) is 0 Å². The fourth-order valence-electron chi connectivity index (χ4n) is 5.28. The summed E-state index contributed by atoms with van der Waals surface area (Å²) in [6.45, 7) is 13.3. The maximum atomic E-state index is 6.71. The van der Waals surface area contributed by atoms with E-state index in [1.54, 1.807) is 0 Å². The summed E-state index contributed by atoms with van der Waals surface area (Å²) in [6.07, 6.45) is 9.87. The van der Waals surface area contributed by atoms with Gasteiger partial charge in [-0.2, -0.15) is 0 Å². The molecule has 0 unspecified atom stereocenters. The van der Waals surface area contributed by atoms with Gasteiger partial charge in [0.05, 0.1) is 6.61 Å². The predicted octanol–water partition coefficient (Wildman–Crippen LogP) is 9.50. The Labute approximate surface area is 223 Å². The molecule has 0 N–H and O–H groups in total. The van der Waals surface area contributed by atoms with E-state index in [4.69, 9.17) is 27.7 Å². The molecule has 1 aliphatic rings. The predicted molar refractivity (Wildman–Crippen MR) is 154 cm³/mol. The van der Waals surface area contributed by atoms with Crippen LogP contribution >= 0.6 is 11.6 Å². The van der Waals surface area contributed by atoms with Gasteiger partial charge in [-0.25, -0.2) is 0 Å². The molecule has 2 nitrogen and oxygen atoms in total. The topological polar surface area (TPSA) is 18.5 Å². The first-order valence-corrected chi connectivity index (χ1v) is 21.7. The minimum atomic E-state index is -2.55. The second-order valence-corrected chi connectivity index (χ2v) is 24.0. The van der Waals surface area contributed by atoms with Crippen LogP contribution in [0.2, 0.25) is 18.3 Å². The van der Waals surface area contributed by atoms with E-state index in [2.05, 4.69) is 63.2 Å². The summed E-state index contributed by atoms with van der Waals surface area (Å²) in [5.74, 6) is 0.916. The summed E-state index contributed by atoms with van der Waals surface area (Å²) in [5.41, 5.74) is 3.80. The van der Waals surface area contributed by atoms with Crippen LogP contribution in [-0.2, 0) is 11.2 Å². The van der Waals surface area contributed by atoms with Gasteiger partial charge in [0.1, 0.15) is 0 Å². The molecule has 4 heteroatoms. The van der Waals surface area contributed by atoms with Crippen LogP contribution in [0.3, 0.4) is 0 Å². The van der Waals surface area contributed by atoms with Crippen LogP contribution in [0.4, 0.5) is 0 Å². The van der Waals surface area contributed by atoms with Crippen molar-refractivity contribution in [3.8, 4) is 5.75 Å². The standard InChI is InChI=1S/C19H18ClO2.3C4H9.Sn/c1-2-14-5-8-19(20)16(11-14)12-15-3-6-17(7-4-15)22-18-9-10-21-13-18;3*1-3-4-2;/h3-8,11,18H,1,9-10,12-13H2;3*1,3-4H2,2H3;/t18-;;;;/m1..../s1. The molecule has 0 amide bonds. The number of rotatable bonds is 15.